The Bertz CT molecular complexity index is 1590. The van der Waals surface area contributed by atoms with E-state index in [1.54, 1.807) is 48.5 Å². The van der Waals surface area contributed by atoms with Crippen LogP contribution in [-0.4, -0.2) is 21.9 Å². The van der Waals surface area contributed by atoms with E-state index in [1.165, 1.54) is 36.4 Å². The molecule has 0 saturated heterocycles. The smallest absolute Gasteiger partial charge is 0.206 e. The molecular formula is C32H36O5S2. The van der Waals surface area contributed by atoms with Crippen molar-refractivity contribution in [2.75, 3.05) is 0 Å². The number of benzene rings is 4. The minimum Gasteiger partial charge on any atom is -0.508 e. The Balaban J connectivity index is 0.000000983. The van der Waals surface area contributed by atoms with E-state index in [2.05, 4.69) is 41.5 Å². The molecule has 1 N–H and O–H groups in total. The summed E-state index contributed by atoms with van der Waals surface area (Å²) >= 11 is 0. The van der Waals surface area contributed by atoms with E-state index in [4.69, 9.17) is 0 Å². The van der Waals surface area contributed by atoms with Gasteiger partial charge in [-0.15, -0.1) is 0 Å². The number of hydrogen-bond donors (Lipinski definition) is 1. The Morgan fingerprint density at radius 3 is 1.05 bits per heavy atom. The summed E-state index contributed by atoms with van der Waals surface area (Å²) in [6.45, 7) is 12.7. The topological polar surface area (TPSA) is 88.5 Å². The molecule has 0 aliphatic carbocycles. The first-order chi connectivity index (χ1) is 18.1. The van der Waals surface area contributed by atoms with E-state index in [0.29, 0.717) is 0 Å². The van der Waals surface area contributed by atoms with Crippen molar-refractivity contribution in [3.8, 4) is 16.9 Å². The lowest BCUT2D eigenvalue weighted by Crippen LogP contribution is -2.11. The fraction of sp³-hybridized carbons (Fsp3) is 0.250. The van der Waals surface area contributed by atoms with Gasteiger partial charge in [0.25, 0.3) is 0 Å². The summed E-state index contributed by atoms with van der Waals surface area (Å²) in [4.78, 5) is 0.649. The Kier molecular flexibility index (Phi) is 9.08. The zero-order chi connectivity index (χ0) is 29.0. The van der Waals surface area contributed by atoms with Crippen LogP contribution in [0.4, 0.5) is 0 Å². The Morgan fingerprint density at radius 1 is 0.513 bits per heavy atom. The predicted molar refractivity (Wildman–Crippen MR) is 157 cm³/mol. The van der Waals surface area contributed by atoms with Crippen molar-refractivity contribution in [1.29, 1.82) is 0 Å². The lowest BCUT2D eigenvalue weighted by Gasteiger charge is -2.19. The largest absolute Gasteiger partial charge is 0.508 e. The third-order valence-electron chi connectivity index (χ3n) is 5.84. The zero-order valence-corrected chi connectivity index (χ0v) is 24.8. The molecule has 0 bridgehead atoms. The molecule has 4 rings (SSSR count). The average Bonchev–Trinajstić information content (AvgIpc) is 2.88. The third kappa shape index (κ3) is 7.37. The summed E-state index contributed by atoms with van der Waals surface area (Å²) in [5.74, 6) is 0.826. The van der Waals surface area contributed by atoms with E-state index in [-0.39, 0.29) is 30.7 Å². The van der Waals surface area contributed by atoms with Crippen molar-refractivity contribution in [3.05, 3.63) is 103 Å². The van der Waals surface area contributed by atoms with Crippen LogP contribution in [0.15, 0.2) is 117 Å². The van der Waals surface area contributed by atoms with Crippen LogP contribution in [0.1, 0.15) is 47.1 Å². The lowest BCUT2D eigenvalue weighted by molar-refractivity contribution is 0.475. The van der Waals surface area contributed by atoms with E-state index in [9.17, 15) is 21.9 Å². The summed E-state index contributed by atoms with van der Waals surface area (Å²) in [7, 11) is -7.37. The van der Waals surface area contributed by atoms with E-state index < -0.39 is 19.7 Å². The van der Waals surface area contributed by atoms with Gasteiger partial charge in [-0.2, -0.15) is 0 Å². The molecule has 4 aromatic rings. The van der Waals surface area contributed by atoms with Crippen LogP contribution in [0, 0.1) is 5.92 Å². The molecule has 0 aliphatic heterocycles. The molecule has 0 spiro atoms. The van der Waals surface area contributed by atoms with Gasteiger partial charge < -0.3 is 5.11 Å². The molecule has 39 heavy (non-hydrogen) atoms. The number of rotatable bonds is 5. The van der Waals surface area contributed by atoms with Crippen molar-refractivity contribution in [2.45, 2.75) is 66.5 Å². The summed E-state index contributed by atoms with van der Waals surface area (Å²) in [6.07, 6.45) is 0. The molecule has 0 saturated carbocycles. The normalized spacial score (nSPS) is 12.1. The number of phenols is 1. The number of aromatic hydroxyl groups is 1. The Labute approximate surface area is 233 Å². The maximum atomic E-state index is 13.1. The molecule has 206 valence electrons. The van der Waals surface area contributed by atoms with Crippen molar-refractivity contribution < 1.29 is 21.9 Å². The van der Waals surface area contributed by atoms with Crippen LogP contribution in [-0.2, 0) is 25.1 Å². The van der Waals surface area contributed by atoms with Gasteiger partial charge in [-0.25, -0.2) is 16.8 Å². The number of hydrogen-bond acceptors (Lipinski definition) is 5. The fourth-order valence-corrected chi connectivity index (χ4v) is 6.21. The minimum absolute atomic E-state index is 0.00770. The summed E-state index contributed by atoms with van der Waals surface area (Å²) in [5.41, 5.74) is 2.51. The highest BCUT2D eigenvalue weighted by Gasteiger charge is 2.20. The highest BCUT2D eigenvalue weighted by molar-refractivity contribution is 7.91. The summed E-state index contributed by atoms with van der Waals surface area (Å²) < 4.78 is 51.8. The monoisotopic (exact) mass is 564 g/mol. The average molecular weight is 565 g/mol. The standard InChI is InChI=1S/C28H26O5S2.C4H10/c1-28(2,3)22-8-16-26(17-9-22)34(30,31)24-12-4-20(5-13-24)21-6-14-25(15-7-21)35(32,33)27-18-10-23(29)11-19-27;1-4(2)3/h4-19,29H,1-3H3;4H,1-3H3. The van der Waals surface area contributed by atoms with Gasteiger partial charge in [-0.1, -0.05) is 77.9 Å². The van der Waals surface area contributed by atoms with Crippen molar-refractivity contribution in [1.82, 2.24) is 0 Å². The maximum absolute atomic E-state index is 13.1. The molecule has 0 radical (unpaired) electrons. The molecule has 7 heteroatoms. The highest BCUT2D eigenvalue weighted by atomic mass is 32.2. The lowest BCUT2D eigenvalue weighted by atomic mass is 9.87. The second kappa shape index (κ2) is 11.8. The van der Waals surface area contributed by atoms with E-state index in [1.807, 2.05) is 12.1 Å². The zero-order valence-electron chi connectivity index (χ0n) is 23.2. The highest BCUT2D eigenvalue weighted by Crippen LogP contribution is 2.29. The first kappa shape index (κ1) is 30.1. The van der Waals surface area contributed by atoms with Gasteiger partial charge in [0.15, 0.2) is 0 Å². The molecule has 0 heterocycles. The molecular weight excluding hydrogens is 528 g/mol. The minimum atomic E-state index is -3.71. The number of sulfone groups is 2. The van der Waals surface area contributed by atoms with E-state index >= 15 is 0 Å². The molecule has 0 fully saturated rings. The molecule has 5 nitrogen and oxygen atoms in total. The van der Waals surface area contributed by atoms with Crippen LogP contribution < -0.4 is 0 Å². The predicted octanol–water partition coefficient (Wildman–Crippen LogP) is 7.68. The van der Waals surface area contributed by atoms with Gasteiger partial charge in [0.2, 0.25) is 19.7 Å². The van der Waals surface area contributed by atoms with Gasteiger partial charge in [-0.3, -0.25) is 0 Å². The second-order valence-electron chi connectivity index (χ2n) is 11.1. The molecule has 4 aromatic carbocycles. The number of phenolic OH excluding ortho intramolecular Hbond substituents is 1. The maximum Gasteiger partial charge on any atom is 0.206 e. The van der Waals surface area contributed by atoms with Gasteiger partial charge in [0, 0.05) is 0 Å². The van der Waals surface area contributed by atoms with Crippen LogP contribution in [0.25, 0.3) is 11.1 Å². The van der Waals surface area contributed by atoms with Gasteiger partial charge >= 0.3 is 0 Å². The van der Waals surface area contributed by atoms with Crippen LogP contribution >= 0.6 is 0 Å². The molecule has 0 aromatic heterocycles. The first-order valence-electron chi connectivity index (χ1n) is 12.7. The Morgan fingerprint density at radius 2 is 0.769 bits per heavy atom. The SMILES string of the molecule is CC(C)(C)c1ccc(S(=O)(=O)c2ccc(-c3ccc(S(=O)(=O)c4ccc(O)cc4)cc3)cc2)cc1.CC(C)C. The van der Waals surface area contributed by atoms with Crippen molar-refractivity contribution >= 4 is 19.7 Å². The van der Waals surface area contributed by atoms with Gasteiger partial charge in [0.05, 0.1) is 19.6 Å². The van der Waals surface area contributed by atoms with E-state index in [0.717, 1.165) is 22.6 Å². The van der Waals surface area contributed by atoms with Crippen LogP contribution in [0.3, 0.4) is 0 Å². The van der Waals surface area contributed by atoms with Crippen LogP contribution in [0.5, 0.6) is 5.75 Å². The van der Waals surface area contributed by atoms with Crippen LogP contribution in [0.2, 0.25) is 0 Å². The van der Waals surface area contributed by atoms with Gasteiger partial charge in [-0.05, 0) is 88.7 Å². The fourth-order valence-electron chi connectivity index (χ4n) is 3.68. The summed E-state index contributed by atoms with van der Waals surface area (Å²) in [6, 6.07) is 25.3. The first-order valence-corrected chi connectivity index (χ1v) is 15.7. The third-order valence-corrected chi connectivity index (χ3v) is 9.41. The Hall–Kier alpha value is -3.42. The molecule has 0 atom stereocenters. The summed E-state index contributed by atoms with van der Waals surface area (Å²) in [5, 5.41) is 9.40. The molecule has 0 amide bonds. The van der Waals surface area contributed by atoms with Crippen molar-refractivity contribution in [3.63, 3.8) is 0 Å². The van der Waals surface area contributed by atoms with Crippen molar-refractivity contribution in [2.24, 2.45) is 5.92 Å². The molecule has 0 aliphatic rings. The quantitative estimate of drug-likeness (QED) is 0.268. The molecule has 0 unspecified atom stereocenters. The van der Waals surface area contributed by atoms with Gasteiger partial charge in [0.1, 0.15) is 5.75 Å². The second-order valence-corrected chi connectivity index (χ2v) is 15.0.